The molecule has 1 rings (SSSR count). The molecule has 0 unspecified atom stereocenters. The van der Waals surface area contributed by atoms with E-state index in [4.69, 9.17) is 21.1 Å². The fourth-order valence-corrected chi connectivity index (χ4v) is 1.28. The van der Waals surface area contributed by atoms with Crippen LogP contribution in [0.15, 0.2) is 6.33 Å². The maximum absolute atomic E-state index is 5.88. The average Bonchev–Trinajstić information content (AvgIpc) is 2.18. The summed E-state index contributed by atoms with van der Waals surface area (Å²) in [6.07, 6.45) is 2.14. The Kier molecular flexibility index (Phi) is 4.62. The molecule has 0 atom stereocenters. The van der Waals surface area contributed by atoms with E-state index in [9.17, 15) is 0 Å². The minimum Gasteiger partial charge on any atom is -0.475 e. The molecule has 0 radical (unpaired) electrons. The molecular formula is C9H13ClN2O2. The first-order valence-electron chi connectivity index (χ1n) is 4.40. The summed E-state index contributed by atoms with van der Waals surface area (Å²) in [6, 6.07) is 0. The third kappa shape index (κ3) is 2.82. The van der Waals surface area contributed by atoms with Gasteiger partial charge in [-0.1, -0.05) is 18.5 Å². The second kappa shape index (κ2) is 5.78. The normalized spacial score (nSPS) is 10.2. The molecule has 0 N–H and O–H groups in total. The van der Waals surface area contributed by atoms with Gasteiger partial charge in [-0.05, 0) is 6.42 Å². The number of rotatable bonds is 5. The van der Waals surface area contributed by atoms with E-state index in [1.807, 2.05) is 6.92 Å². The second-order valence-corrected chi connectivity index (χ2v) is 3.00. The van der Waals surface area contributed by atoms with E-state index in [0.29, 0.717) is 24.2 Å². The molecule has 0 aliphatic rings. The molecular weight excluding hydrogens is 204 g/mol. The number of ether oxygens (including phenoxy) is 2. The first-order chi connectivity index (χ1) is 6.79. The number of methoxy groups -OCH3 is 1. The molecule has 1 heterocycles. The van der Waals surface area contributed by atoms with Crippen molar-refractivity contribution in [1.29, 1.82) is 0 Å². The second-order valence-electron chi connectivity index (χ2n) is 2.64. The Morgan fingerprint density at radius 3 is 2.79 bits per heavy atom. The van der Waals surface area contributed by atoms with Crippen LogP contribution in [0.1, 0.15) is 12.5 Å². The van der Waals surface area contributed by atoms with Gasteiger partial charge >= 0.3 is 0 Å². The minimum absolute atomic E-state index is 0.454. The summed E-state index contributed by atoms with van der Waals surface area (Å²) in [5, 5.41) is 0.454. The van der Waals surface area contributed by atoms with E-state index in [2.05, 4.69) is 9.97 Å². The highest BCUT2D eigenvalue weighted by Crippen LogP contribution is 2.21. The molecule has 0 fully saturated rings. The van der Waals surface area contributed by atoms with Gasteiger partial charge in [0.2, 0.25) is 5.88 Å². The third-order valence-electron chi connectivity index (χ3n) is 1.73. The van der Waals surface area contributed by atoms with Crippen LogP contribution < -0.4 is 4.74 Å². The van der Waals surface area contributed by atoms with E-state index in [1.165, 1.54) is 6.33 Å². The summed E-state index contributed by atoms with van der Waals surface area (Å²) in [7, 11) is 1.62. The molecule has 5 heteroatoms. The van der Waals surface area contributed by atoms with E-state index in [-0.39, 0.29) is 0 Å². The van der Waals surface area contributed by atoms with Crippen molar-refractivity contribution in [1.82, 2.24) is 9.97 Å². The number of aromatic nitrogens is 2. The van der Waals surface area contributed by atoms with E-state index >= 15 is 0 Å². The standard InChI is InChI=1S/C9H13ClN2O2/c1-3-7-8(10)11-6-12-9(7)14-5-4-13-2/h6H,3-5H2,1-2H3. The molecule has 0 bridgehead atoms. The van der Waals surface area contributed by atoms with Gasteiger partial charge in [-0.15, -0.1) is 0 Å². The quantitative estimate of drug-likeness (QED) is 0.555. The van der Waals surface area contributed by atoms with Crippen LogP contribution in [0, 0.1) is 0 Å². The molecule has 0 amide bonds. The zero-order chi connectivity index (χ0) is 10.4. The smallest absolute Gasteiger partial charge is 0.221 e. The lowest BCUT2D eigenvalue weighted by atomic mass is 10.2. The third-order valence-corrected chi connectivity index (χ3v) is 2.06. The van der Waals surface area contributed by atoms with Gasteiger partial charge in [0.15, 0.2) is 0 Å². The molecule has 78 valence electrons. The lowest BCUT2D eigenvalue weighted by Crippen LogP contribution is -2.07. The summed E-state index contributed by atoms with van der Waals surface area (Å²) in [5.41, 5.74) is 0.838. The van der Waals surface area contributed by atoms with E-state index in [0.717, 1.165) is 12.0 Å². The molecule has 4 nitrogen and oxygen atoms in total. The molecule has 1 aromatic heterocycles. The van der Waals surface area contributed by atoms with Gasteiger partial charge in [0.25, 0.3) is 0 Å². The lowest BCUT2D eigenvalue weighted by Gasteiger charge is -2.08. The zero-order valence-corrected chi connectivity index (χ0v) is 9.04. The van der Waals surface area contributed by atoms with Crippen molar-refractivity contribution in [2.45, 2.75) is 13.3 Å². The van der Waals surface area contributed by atoms with Gasteiger partial charge < -0.3 is 9.47 Å². The minimum atomic E-state index is 0.454. The first-order valence-corrected chi connectivity index (χ1v) is 4.78. The largest absolute Gasteiger partial charge is 0.475 e. The van der Waals surface area contributed by atoms with Gasteiger partial charge in [-0.2, -0.15) is 0 Å². The van der Waals surface area contributed by atoms with Gasteiger partial charge in [-0.25, -0.2) is 9.97 Å². The maximum Gasteiger partial charge on any atom is 0.221 e. The predicted octanol–water partition coefficient (Wildman–Crippen LogP) is 1.72. The number of hydrogen-bond donors (Lipinski definition) is 0. The highest BCUT2D eigenvalue weighted by atomic mass is 35.5. The summed E-state index contributed by atoms with van der Waals surface area (Å²) >= 11 is 5.88. The van der Waals surface area contributed by atoms with Crippen LogP contribution in [0.2, 0.25) is 5.15 Å². The number of halogens is 1. The van der Waals surface area contributed by atoms with Crippen molar-refractivity contribution < 1.29 is 9.47 Å². The van der Waals surface area contributed by atoms with Gasteiger partial charge in [0.1, 0.15) is 18.1 Å². The summed E-state index contributed by atoms with van der Waals surface area (Å²) in [5.74, 6) is 0.546. The van der Waals surface area contributed by atoms with Gasteiger partial charge in [0, 0.05) is 7.11 Å². The van der Waals surface area contributed by atoms with E-state index in [1.54, 1.807) is 7.11 Å². The Balaban J connectivity index is 2.70. The van der Waals surface area contributed by atoms with Crippen LogP contribution in [-0.2, 0) is 11.2 Å². The molecule has 0 aliphatic heterocycles. The Labute approximate surface area is 88.2 Å². The van der Waals surface area contributed by atoms with Crippen LogP contribution in [0.5, 0.6) is 5.88 Å². The Bertz CT molecular complexity index is 294. The summed E-state index contributed by atoms with van der Waals surface area (Å²) in [4.78, 5) is 7.89. The first kappa shape index (κ1) is 11.2. The van der Waals surface area contributed by atoms with Crippen molar-refractivity contribution >= 4 is 11.6 Å². The topological polar surface area (TPSA) is 44.2 Å². The Hall–Kier alpha value is -0.870. The van der Waals surface area contributed by atoms with E-state index < -0.39 is 0 Å². The van der Waals surface area contributed by atoms with Crippen molar-refractivity contribution in [3.05, 3.63) is 17.0 Å². The number of hydrogen-bond acceptors (Lipinski definition) is 4. The summed E-state index contributed by atoms with van der Waals surface area (Å²) < 4.78 is 10.3. The van der Waals surface area contributed by atoms with Crippen LogP contribution in [-0.4, -0.2) is 30.3 Å². The fraction of sp³-hybridized carbons (Fsp3) is 0.556. The number of nitrogens with zero attached hydrogens (tertiary/aromatic N) is 2. The highest BCUT2D eigenvalue weighted by Gasteiger charge is 2.08. The Morgan fingerprint density at radius 1 is 1.36 bits per heavy atom. The van der Waals surface area contributed by atoms with Crippen LogP contribution in [0.3, 0.4) is 0 Å². The molecule has 0 aromatic carbocycles. The van der Waals surface area contributed by atoms with Crippen LogP contribution in [0.25, 0.3) is 0 Å². The summed E-state index contributed by atoms with van der Waals surface area (Å²) in [6.45, 7) is 2.98. The SMILES string of the molecule is CCc1c(Cl)ncnc1OCCOC. The fourth-order valence-electron chi connectivity index (χ4n) is 1.02. The van der Waals surface area contributed by atoms with Crippen molar-refractivity contribution in [2.75, 3.05) is 20.3 Å². The molecule has 1 aromatic rings. The van der Waals surface area contributed by atoms with Crippen LogP contribution >= 0.6 is 11.6 Å². The van der Waals surface area contributed by atoms with Crippen LogP contribution in [0.4, 0.5) is 0 Å². The zero-order valence-electron chi connectivity index (χ0n) is 8.29. The lowest BCUT2D eigenvalue weighted by molar-refractivity contribution is 0.143. The van der Waals surface area contributed by atoms with Gasteiger partial charge in [0.05, 0.1) is 12.2 Å². The Morgan fingerprint density at radius 2 is 2.14 bits per heavy atom. The molecule has 0 saturated carbocycles. The van der Waals surface area contributed by atoms with Gasteiger partial charge in [-0.3, -0.25) is 0 Å². The van der Waals surface area contributed by atoms with Crippen molar-refractivity contribution in [2.24, 2.45) is 0 Å². The molecule has 14 heavy (non-hydrogen) atoms. The maximum atomic E-state index is 5.88. The molecule has 0 spiro atoms. The molecule has 0 saturated heterocycles. The highest BCUT2D eigenvalue weighted by molar-refractivity contribution is 6.30. The monoisotopic (exact) mass is 216 g/mol. The molecule has 0 aliphatic carbocycles. The van der Waals surface area contributed by atoms with Crippen molar-refractivity contribution in [3.63, 3.8) is 0 Å². The predicted molar refractivity (Wildman–Crippen MR) is 53.8 cm³/mol. The van der Waals surface area contributed by atoms with Crippen molar-refractivity contribution in [3.8, 4) is 5.88 Å². The average molecular weight is 217 g/mol.